The molecule has 1 aromatic heterocycles. The molecule has 0 saturated carbocycles. The van der Waals surface area contributed by atoms with Crippen molar-refractivity contribution in [3.63, 3.8) is 0 Å². The van der Waals surface area contributed by atoms with Crippen LogP contribution in [0.2, 0.25) is 0 Å². The van der Waals surface area contributed by atoms with E-state index in [1.807, 2.05) is 12.1 Å². The van der Waals surface area contributed by atoms with Crippen LogP contribution in [0, 0.1) is 0 Å². The lowest BCUT2D eigenvalue weighted by Gasteiger charge is -2.20. The van der Waals surface area contributed by atoms with Gasteiger partial charge in [0.25, 0.3) is 0 Å². The standard InChI is InChI=1S/C9H13BrN2O2/c1-13-9(14-2)8(11)7-4-3-6(10)5-12-7/h3-5,8-9H,11H2,1-2H3. The number of aromatic nitrogens is 1. The first kappa shape index (κ1) is 11.6. The topological polar surface area (TPSA) is 57.4 Å². The number of nitrogens with two attached hydrogens (primary N) is 1. The maximum Gasteiger partial charge on any atom is 0.177 e. The molecular weight excluding hydrogens is 248 g/mol. The zero-order chi connectivity index (χ0) is 10.6. The van der Waals surface area contributed by atoms with Gasteiger partial charge in [-0.2, -0.15) is 0 Å². The number of pyridine rings is 1. The molecule has 2 N–H and O–H groups in total. The average Bonchev–Trinajstić information content (AvgIpc) is 2.20. The van der Waals surface area contributed by atoms with Crippen LogP contribution in [0.4, 0.5) is 0 Å². The molecule has 0 radical (unpaired) electrons. The predicted octanol–water partition coefficient (Wildman–Crippen LogP) is 1.46. The van der Waals surface area contributed by atoms with E-state index in [0.29, 0.717) is 0 Å². The van der Waals surface area contributed by atoms with Crippen molar-refractivity contribution >= 4 is 15.9 Å². The van der Waals surface area contributed by atoms with E-state index in [4.69, 9.17) is 15.2 Å². The highest BCUT2D eigenvalue weighted by Crippen LogP contribution is 2.16. The number of halogens is 1. The minimum Gasteiger partial charge on any atom is -0.354 e. The fraction of sp³-hybridized carbons (Fsp3) is 0.444. The van der Waals surface area contributed by atoms with E-state index < -0.39 is 6.29 Å². The first-order chi connectivity index (χ1) is 6.69. The van der Waals surface area contributed by atoms with E-state index in [-0.39, 0.29) is 6.04 Å². The normalized spacial score (nSPS) is 13.2. The number of ether oxygens (including phenoxy) is 2. The van der Waals surface area contributed by atoms with Crippen molar-refractivity contribution in [3.8, 4) is 0 Å². The number of methoxy groups -OCH3 is 2. The Hall–Kier alpha value is -0.490. The lowest BCUT2D eigenvalue weighted by Crippen LogP contribution is -2.30. The van der Waals surface area contributed by atoms with Crippen molar-refractivity contribution in [2.75, 3.05) is 14.2 Å². The molecule has 0 aromatic carbocycles. The van der Waals surface area contributed by atoms with Crippen molar-refractivity contribution in [3.05, 3.63) is 28.5 Å². The summed E-state index contributed by atoms with van der Waals surface area (Å²) in [6.45, 7) is 0. The highest BCUT2D eigenvalue weighted by atomic mass is 79.9. The lowest BCUT2D eigenvalue weighted by molar-refractivity contribution is -0.117. The summed E-state index contributed by atoms with van der Waals surface area (Å²) in [5.74, 6) is 0. The summed E-state index contributed by atoms with van der Waals surface area (Å²) in [6.07, 6.45) is 1.22. The molecule has 14 heavy (non-hydrogen) atoms. The summed E-state index contributed by atoms with van der Waals surface area (Å²) in [4.78, 5) is 4.16. The molecule has 0 aliphatic heterocycles. The van der Waals surface area contributed by atoms with Gasteiger partial charge in [-0.15, -0.1) is 0 Å². The fourth-order valence-electron chi connectivity index (χ4n) is 1.11. The summed E-state index contributed by atoms with van der Waals surface area (Å²) < 4.78 is 11.0. The molecule has 4 nitrogen and oxygen atoms in total. The van der Waals surface area contributed by atoms with Crippen molar-refractivity contribution in [2.24, 2.45) is 5.73 Å². The number of hydrogen-bond donors (Lipinski definition) is 1. The summed E-state index contributed by atoms with van der Waals surface area (Å²) in [5, 5.41) is 0. The van der Waals surface area contributed by atoms with E-state index in [1.165, 1.54) is 0 Å². The zero-order valence-electron chi connectivity index (χ0n) is 8.11. The van der Waals surface area contributed by atoms with Crippen molar-refractivity contribution in [2.45, 2.75) is 12.3 Å². The van der Waals surface area contributed by atoms with Crippen LogP contribution in [0.25, 0.3) is 0 Å². The van der Waals surface area contributed by atoms with Gasteiger partial charge in [0.1, 0.15) is 0 Å². The van der Waals surface area contributed by atoms with Crippen LogP contribution in [0.3, 0.4) is 0 Å². The summed E-state index contributed by atoms with van der Waals surface area (Å²) in [6, 6.07) is 3.34. The van der Waals surface area contributed by atoms with Crippen LogP contribution in [-0.2, 0) is 9.47 Å². The number of hydrogen-bond acceptors (Lipinski definition) is 4. The minimum absolute atomic E-state index is 0.377. The Morgan fingerprint density at radius 3 is 2.43 bits per heavy atom. The second-order valence-electron chi connectivity index (χ2n) is 2.77. The van der Waals surface area contributed by atoms with Crippen LogP contribution in [0.15, 0.2) is 22.8 Å². The third-order valence-electron chi connectivity index (χ3n) is 1.85. The van der Waals surface area contributed by atoms with E-state index >= 15 is 0 Å². The van der Waals surface area contributed by atoms with Crippen LogP contribution in [-0.4, -0.2) is 25.5 Å². The maximum absolute atomic E-state index is 5.88. The molecule has 1 heterocycles. The fourth-order valence-corrected chi connectivity index (χ4v) is 1.35. The molecule has 0 spiro atoms. The SMILES string of the molecule is COC(OC)C(N)c1ccc(Br)cn1. The average molecular weight is 261 g/mol. The van der Waals surface area contributed by atoms with Crippen LogP contribution in [0.5, 0.6) is 0 Å². The Labute approximate surface area is 91.5 Å². The van der Waals surface area contributed by atoms with E-state index in [9.17, 15) is 0 Å². The van der Waals surface area contributed by atoms with E-state index in [2.05, 4.69) is 20.9 Å². The molecule has 0 bridgehead atoms. The number of rotatable bonds is 4. The molecule has 78 valence electrons. The lowest BCUT2D eigenvalue weighted by atomic mass is 10.2. The van der Waals surface area contributed by atoms with Crippen molar-refractivity contribution in [1.82, 2.24) is 4.98 Å². The van der Waals surface area contributed by atoms with Crippen LogP contribution < -0.4 is 5.73 Å². The third-order valence-corrected chi connectivity index (χ3v) is 2.32. The van der Waals surface area contributed by atoms with Crippen molar-refractivity contribution in [1.29, 1.82) is 0 Å². The van der Waals surface area contributed by atoms with Gasteiger partial charge in [-0.05, 0) is 28.1 Å². The molecule has 0 amide bonds. The summed E-state index contributed by atoms with van der Waals surface area (Å²) >= 11 is 3.30. The highest BCUT2D eigenvalue weighted by molar-refractivity contribution is 9.10. The third kappa shape index (κ3) is 2.75. The predicted molar refractivity (Wildman–Crippen MR) is 56.7 cm³/mol. The first-order valence-corrected chi connectivity index (χ1v) is 4.91. The van der Waals surface area contributed by atoms with Gasteiger partial charge in [0, 0.05) is 24.9 Å². The molecule has 0 saturated heterocycles. The highest BCUT2D eigenvalue weighted by Gasteiger charge is 2.19. The maximum atomic E-state index is 5.88. The van der Waals surface area contributed by atoms with Crippen LogP contribution >= 0.6 is 15.9 Å². The smallest absolute Gasteiger partial charge is 0.177 e. The van der Waals surface area contributed by atoms with Gasteiger partial charge in [-0.25, -0.2) is 0 Å². The second-order valence-corrected chi connectivity index (χ2v) is 3.68. The van der Waals surface area contributed by atoms with Gasteiger partial charge in [-0.3, -0.25) is 4.98 Å². The Morgan fingerprint density at radius 1 is 1.36 bits per heavy atom. The Bertz CT molecular complexity index is 275. The largest absolute Gasteiger partial charge is 0.354 e. The van der Waals surface area contributed by atoms with Gasteiger partial charge in [0.2, 0.25) is 0 Å². The quantitative estimate of drug-likeness (QED) is 0.834. The van der Waals surface area contributed by atoms with Gasteiger partial charge >= 0.3 is 0 Å². The molecule has 0 aliphatic carbocycles. The molecule has 0 aliphatic rings. The minimum atomic E-state index is -0.469. The molecule has 0 fully saturated rings. The van der Waals surface area contributed by atoms with Crippen LogP contribution in [0.1, 0.15) is 11.7 Å². The monoisotopic (exact) mass is 260 g/mol. The second kappa shape index (κ2) is 5.41. The Balaban J connectivity index is 2.77. The Kier molecular flexibility index (Phi) is 4.47. The van der Waals surface area contributed by atoms with E-state index in [1.54, 1.807) is 20.4 Å². The van der Waals surface area contributed by atoms with Gasteiger partial charge in [0.15, 0.2) is 6.29 Å². The molecule has 1 atom stereocenters. The Morgan fingerprint density at radius 2 is 2.00 bits per heavy atom. The molecule has 1 rings (SSSR count). The van der Waals surface area contributed by atoms with E-state index in [0.717, 1.165) is 10.2 Å². The molecule has 1 unspecified atom stereocenters. The van der Waals surface area contributed by atoms with Crippen molar-refractivity contribution < 1.29 is 9.47 Å². The molecule has 1 aromatic rings. The molecule has 5 heteroatoms. The number of nitrogens with zero attached hydrogens (tertiary/aromatic N) is 1. The van der Waals surface area contributed by atoms with Gasteiger partial charge in [0.05, 0.1) is 11.7 Å². The van der Waals surface area contributed by atoms with Gasteiger partial charge in [-0.1, -0.05) is 0 Å². The first-order valence-electron chi connectivity index (χ1n) is 4.11. The molecular formula is C9H13BrN2O2. The van der Waals surface area contributed by atoms with Gasteiger partial charge < -0.3 is 15.2 Å². The summed E-state index contributed by atoms with van der Waals surface area (Å²) in [5.41, 5.74) is 6.62. The zero-order valence-corrected chi connectivity index (χ0v) is 9.69. The summed E-state index contributed by atoms with van der Waals surface area (Å²) in [7, 11) is 3.10.